The molecule has 0 saturated carbocycles. The van der Waals surface area contributed by atoms with E-state index in [2.05, 4.69) is 10.6 Å². The van der Waals surface area contributed by atoms with Gasteiger partial charge in [-0.2, -0.15) is 5.26 Å². The van der Waals surface area contributed by atoms with Crippen LogP contribution < -0.4 is 10.6 Å². The lowest BCUT2D eigenvalue weighted by Gasteiger charge is -2.23. The third kappa shape index (κ3) is 3.98. The quantitative estimate of drug-likeness (QED) is 0.834. The zero-order valence-corrected chi connectivity index (χ0v) is 13.6. The summed E-state index contributed by atoms with van der Waals surface area (Å²) in [6.07, 6.45) is 0. The minimum absolute atomic E-state index is 0.0298. The molecule has 0 spiro atoms. The van der Waals surface area contributed by atoms with Crippen LogP contribution in [0.3, 0.4) is 0 Å². The second-order valence-electron chi connectivity index (χ2n) is 5.82. The van der Waals surface area contributed by atoms with Crippen LogP contribution in [0.2, 0.25) is 0 Å². The molecule has 25 heavy (non-hydrogen) atoms. The van der Waals surface area contributed by atoms with Crippen molar-refractivity contribution in [3.63, 3.8) is 0 Å². The number of hydrogen-bond acceptors (Lipinski definition) is 3. The molecule has 0 atom stereocenters. The molecule has 128 valence electrons. The maximum absolute atomic E-state index is 13.2. The molecule has 7 heteroatoms. The number of hydrogen-bond donors (Lipinski definition) is 2. The van der Waals surface area contributed by atoms with E-state index in [0.717, 1.165) is 12.1 Å². The summed E-state index contributed by atoms with van der Waals surface area (Å²) in [6.45, 7) is 2.76. The van der Waals surface area contributed by atoms with Crippen LogP contribution in [0.1, 0.15) is 19.4 Å². The maximum Gasteiger partial charge on any atom is 0.239 e. The van der Waals surface area contributed by atoms with E-state index in [9.17, 15) is 18.4 Å². The molecule has 2 rings (SSSR count). The number of benzene rings is 2. The number of halogens is 2. The fourth-order valence-corrected chi connectivity index (χ4v) is 1.93. The van der Waals surface area contributed by atoms with E-state index in [4.69, 9.17) is 5.26 Å². The Morgan fingerprint density at radius 2 is 1.64 bits per heavy atom. The molecule has 0 fully saturated rings. The van der Waals surface area contributed by atoms with Gasteiger partial charge in [0.15, 0.2) is 11.6 Å². The first-order chi connectivity index (χ1) is 11.8. The highest BCUT2D eigenvalue weighted by Gasteiger charge is 2.36. The van der Waals surface area contributed by atoms with Gasteiger partial charge in [0.05, 0.1) is 11.3 Å². The minimum atomic E-state index is -1.52. The molecule has 0 heterocycles. The molecule has 0 aliphatic rings. The molecule has 0 radical (unpaired) electrons. The van der Waals surface area contributed by atoms with Gasteiger partial charge in [-0.3, -0.25) is 9.59 Å². The average molecular weight is 343 g/mol. The third-order valence-corrected chi connectivity index (χ3v) is 3.61. The van der Waals surface area contributed by atoms with Crippen molar-refractivity contribution in [2.45, 2.75) is 13.8 Å². The highest BCUT2D eigenvalue weighted by molar-refractivity contribution is 6.14. The normalized spacial score (nSPS) is 10.7. The summed E-state index contributed by atoms with van der Waals surface area (Å²) in [6, 6.07) is 11.2. The number of nitriles is 1. The predicted molar refractivity (Wildman–Crippen MR) is 88.6 cm³/mol. The van der Waals surface area contributed by atoms with E-state index in [1.54, 1.807) is 18.2 Å². The number of anilines is 2. The van der Waals surface area contributed by atoms with Crippen molar-refractivity contribution >= 4 is 23.2 Å². The molecule has 5 nitrogen and oxygen atoms in total. The van der Waals surface area contributed by atoms with Crippen LogP contribution in [0.25, 0.3) is 0 Å². The van der Waals surface area contributed by atoms with Gasteiger partial charge in [-0.05, 0) is 38.1 Å². The first kappa shape index (κ1) is 18.1. The van der Waals surface area contributed by atoms with E-state index in [-0.39, 0.29) is 16.9 Å². The van der Waals surface area contributed by atoms with E-state index in [1.807, 2.05) is 6.07 Å². The number of rotatable bonds is 4. The summed E-state index contributed by atoms with van der Waals surface area (Å²) >= 11 is 0. The fourth-order valence-electron chi connectivity index (χ4n) is 1.93. The molecule has 0 aliphatic heterocycles. The van der Waals surface area contributed by atoms with Crippen molar-refractivity contribution in [3.05, 3.63) is 59.7 Å². The Kier molecular flexibility index (Phi) is 5.13. The monoisotopic (exact) mass is 343 g/mol. The second kappa shape index (κ2) is 7.09. The summed E-state index contributed by atoms with van der Waals surface area (Å²) < 4.78 is 26.2. The molecule has 0 bridgehead atoms. The Hall–Kier alpha value is -3.27. The lowest BCUT2D eigenvalue weighted by molar-refractivity contribution is -0.135. The molecule has 2 aromatic carbocycles. The van der Waals surface area contributed by atoms with Gasteiger partial charge in [0, 0.05) is 11.8 Å². The highest BCUT2D eigenvalue weighted by atomic mass is 19.2. The smallest absolute Gasteiger partial charge is 0.239 e. The lowest BCUT2D eigenvalue weighted by atomic mass is 9.90. The van der Waals surface area contributed by atoms with Gasteiger partial charge < -0.3 is 10.6 Å². The highest BCUT2D eigenvalue weighted by Crippen LogP contribution is 2.23. The van der Waals surface area contributed by atoms with Crippen LogP contribution in [0, 0.1) is 28.4 Å². The molecular weight excluding hydrogens is 328 g/mol. The number of nitrogens with zero attached hydrogens (tertiary/aromatic N) is 1. The van der Waals surface area contributed by atoms with E-state index in [0.29, 0.717) is 0 Å². The number of para-hydroxylation sites is 1. The van der Waals surface area contributed by atoms with Crippen molar-refractivity contribution < 1.29 is 18.4 Å². The van der Waals surface area contributed by atoms with Crippen LogP contribution in [0.5, 0.6) is 0 Å². The first-order valence-electron chi connectivity index (χ1n) is 7.33. The SMILES string of the molecule is CC(C)(C(=O)Nc1ccc(F)c(F)c1)C(=O)Nc1ccccc1C#N. The van der Waals surface area contributed by atoms with Crippen LogP contribution in [-0.4, -0.2) is 11.8 Å². The van der Waals surface area contributed by atoms with Crippen LogP contribution >= 0.6 is 0 Å². The van der Waals surface area contributed by atoms with E-state index in [1.165, 1.54) is 26.0 Å². The molecule has 2 aromatic rings. The van der Waals surface area contributed by atoms with Gasteiger partial charge in [0.25, 0.3) is 0 Å². The van der Waals surface area contributed by atoms with E-state index < -0.39 is 28.9 Å². The fraction of sp³-hybridized carbons (Fsp3) is 0.167. The van der Waals surface area contributed by atoms with Gasteiger partial charge in [0.2, 0.25) is 11.8 Å². The van der Waals surface area contributed by atoms with Gasteiger partial charge >= 0.3 is 0 Å². The summed E-state index contributed by atoms with van der Waals surface area (Å²) in [7, 11) is 0. The molecule has 0 aliphatic carbocycles. The Morgan fingerprint density at radius 1 is 1.00 bits per heavy atom. The number of carbonyl (C=O) groups excluding carboxylic acids is 2. The van der Waals surface area contributed by atoms with Gasteiger partial charge in [0.1, 0.15) is 11.5 Å². The first-order valence-corrected chi connectivity index (χ1v) is 7.33. The molecule has 2 amide bonds. The zero-order valence-electron chi connectivity index (χ0n) is 13.6. The maximum atomic E-state index is 13.2. The summed E-state index contributed by atoms with van der Waals surface area (Å²) in [5, 5.41) is 13.9. The molecule has 0 aromatic heterocycles. The second-order valence-corrected chi connectivity index (χ2v) is 5.82. The third-order valence-electron chi connectivity index (χ3n) is 3.61. The van der Waals surface area contributed by atoms with Crippen molar-refractivity contribution in [3.8, 4) is 6.07 Å². The number of amides is 2. The lowest BCUT2D eigenvalue weighted by Crippen LogP contribution is -2.41. The van der Waals surface area contributed by atoms with Crippen LogP contribution in [-0.2, 0) is 9.59 Å². The standard InChI is InChI=1S/C18H15F2N3O2/c1-18(2,16(24)22-12-7-8-13(19)14(20)9-12)17(25)23-15-6-4-3-5-11(15)10-21/h3-9H,1-2H3,(H,22,24)(H,23,25). The predicted octanol–water partition coefficient (Wildman–Crippen LogP) is 3.44. The summed E-state index contributed by atoms with van der Waals surface area (Å²) in [5.74, 6) is -3.49. The number of nitrogens with one attached hydrogen (secondary N) is 2. The topological polar surface area (TPSA) is 82.0 Å². The largest absolute Gasteiger partial charge is 0.325 e. The van der Waals surface area contributed by atoms with Gasteiger partial charge in [-0.1, -0.05) is 12.1 Å². The van der Waals surface area contributed by atoms with Crippen LogP contribution in [0.4, 0.5) is 20.2 Å². The molecule has 0 unspecified atom stereocenters. The molecule has 0 saturated heterocycles. The minimum Gasteiger partial charge on any atom is -0.325 e. The molecular formula is C18H15F2N3O2. The van der Waals surface area contributed by atoms with Crippen LogP contribution in [0.15, 0.2) is 42.5 Å². The van der Waals surface area contributed by atoms with Gasteiger partial charge in [-0.15, -0.1) is 0 Å². The van der Waals surface area contributed by atoms with Crippen molar-refractivity contribution in [1.29, 1.82) is 5.26 Å². The summed E-state index contributed by atoms with van der Waals surface area (Å²) in [5.41, 5.74) is -0.952. The van der Waals surface area contributed by atoms with Crippen molar-refractivity contribution in [2.24, 2.45) is 5.41 Å². The zero-order chi connectivity index (χ0) is 18.6. The Bertz CT molecular complexity index is 873. The Labute approximate surface area is 143 Å². The summed E-state index contributed by atoms with van der Waals surface area (Å²) in [4.78, 5) is 24.8. The number of carbonyl (C=O) groups is 2. The van der Waals surface area contributed by atoms with Gasteiger partial charge in [-0.25, -0.2) is 8.78 Å². The molecule has 2 N–H and O–H groups in total. The van der Waals surface area contributed by atoms with Crippen molar-refractivity contribution in [2.75, 3.05) is 10.6 Å². The van der Waals surface area contributed by atoms with Crippen molar-refractivity contribution in [1.82, 2.24) is 0 Å². The van der Waals surface area contributed by atoms with E-state index >= 15 is 0 Å². The average Bonchev–Trinajstić information content (AvgIpc) is 2.58. The Balaban J connectivity index is 2.16. The Morgan fingerprint density at radius 3 is 2.28 bits per heavy atom.